The molecule has 0 aromatic heterocycles. The van der Waals surface area contributed by atoms with Crippen LogP contribution in [0.4, 0.5) is 0 Å². The van der Waals surface area contributed by atoms with Crippen molar-refractivity contribution in [2.24, 2.45) is 0 Å². The largest absolute Gasteiger partial charge is 0.488 e. The highest BCUT2D eigenvalue weighted by Gasteiger charge is 2.31. The Balaban J connectivity index is 2.30. The molecule has 2 rings (SSSR count). The summed E-state index contributed by atoms with van der Waals surface area (Å²) in [5.41, 5.74) is 0.217. The molecule has 1 heterocycles. The minimum absolute atomic E-state index is 0.00918. The summed E-state index contributed by atoms with van der Waals surface area (Å²) in [6.07, 6.45) is -0.950. The van der Waals surface area contributed by atoms with E-state index in [1.165, 1.54) is 25.1 Å². The first-order valence-electron chi connectivity index (χ1n) is 4.91. The number of fused-ring (bicyclic) bond motifs is 1. The van der Waals surface area contributed by atoms with Gasteiger partial charge in [-0.25, -0.2) is 5.26 Å². The van der Waals surface area contributed by atoms with Crippen LogP contribution in [-0.2, 0) is 9.53 Å². The Morgan fingerprint density at radius 1 is 1.53 bits per heavy atom. The van der Waals surface area contributed by atoms with Gasteiger partial charge < -0.3 is 14.4 Å². The number of hydrogen-bond donors (Lipinski definition) is 1. The third-order valence-corrected chi connectivity index (χ3v) is 2.31. The van der Waals surface area contributed by atoms with Gasteiger partial charge in [0.25, 0.3) is 0 Å². The van der Waals surface area contributed by atoms with Crippen molar-refractivity contribution in [2.45, 2.75) is 13.0 Å². The normalized spacial score (nSPS) is 18.0. The fraction of sp³-hybridized carbons (Fsp3) is 0.273. The molecule has 6 nitrogen and oxygen atoms in total. The summed E-state index contributed by atoms with van der Waals surface area (Å²) in [6.45, 7) is 1.21. The Morgan fingerprint density at radius 2 is 2.29 bits per heavy atom. The fourth-order valence-electron chi connectivity index (χ4n) is 1.59. The number of hydrogen-bond acceptors (Lipinski definition) is 6. The number of ether oxygens (including phenoxy) is 2. The molecular formula is C11H10O6. The molecule has 1 unspecified atom stereocenters. The molecule has 90 valence electrons. The number of rotatable bonds is 2. The van der Waals surface area contributed by atoms with Crippen molar-refractivity contribution in [3.63, 3.8) is 0 Å². The second-order valence-electron chi connectivity index (χ2n) is 3.52. The molecule has 1 atom stereocenters. The molecule has 6 heteroatoms. The van der Waals surface area contributed by atoms with Gasteiger partial charge >= 0.3 is 5.97 Å². The first kappa shape index (κ1) is 11.4. The molecule has 1 aromatic carbocycles. The lowest BCUT2D eigenvalue weighted by atomic mass is 10.0. The average Bonchev–Trinajstić information content (AvgIpc) is 2.32. The van der Waals surface area contributed by atoms with Crippen LogP contribution < -0.4 is 9.62 Å². The van der Waals surface area contributed by atoms with Gasteiger partial charge in [-0.2, -0.15) is 0 Å². The maximum atomic E-state index is 11.9. The Labute approximate surface area is 96.6 Å². The first-order valence-corrected chi connectivity index (χ1v) is 4.91. The average molecular weight is 238 g/mol. The van der Waals surface area contributed by atoms with Crippen LogP contribution in [-0.4, -0.2) is 29.7 Å². The molecule has 1 aliphatic heterocycles. The van der Waals surface area contributed by atoms with E-state index in [4.69, 9.17) is 14.7 Å². The topological polar surface area (TPSA) is 82.1 Å². The van der Waals surface area contributed by atoms with Gasteiger partial charge in [-0.1, -0.05) is 0 Å². The van der Waals surface area contributed by atoms with Crippen LogP contribution in [0.1, 0.15) is 17.3 Å². The van der Waals surface area contributed by atoms with Crippen molar-refractivity contribution in [1.82, 2.24) is 0 Å². The van der Waals surface area contributed by atoms with Crippen molar-refractivity contribution in [1.29, 1.82) is 0 Å². The Hall–Kier alpha value is -2.08. The number of benzene rings is 1. The van der Waals surface area contributed by atoms with Crippen LogP contribution in [0.3, 0.4) is 0 Å². The standard InChI is InChI=1S/C11H10O6/c1-6(12)16-10-5-15-9-3-2-7(17-14)4-8(9)11(10)13/h2-4,10,14H,5H2,1H3. The first-order chi connectivity index (χ1) is 8.11. The summed E-state index contributed by atoms with van der Waals surface area (Å²) >= 11 is 0. The van der Waals surface area contributed by atoms with E-state index in [1.807, 2.05) is 0 Å². The Kier molecular flexibility index (Phi) is 2.97. The minimum Gasteiger partial charge on any atom is -0.488 e. The molecule has 0 bridgehead atoms. The van der Waals surface area contributed by atoms with Crippen molar-refractivity contribution in [2.75, 3.05) is 6.61 Å². The quantitative estimate of drug-likeness (QED) is 0.471. The van der Waals surface area contributed by atoms with E-state index in [9.17, 15) is 9.59 Å². The third kappa shape index (κ3) is 2.21. The SMILES string of the molecule is CC(=O)OC1COc2ccc(OO)cc2C1=O. The van der Waals surface area contributed by atoms with Crippen molar-refractivity contribution in [3.05, 3.63) is 23.8 Å². The number of carbonyl (C=O) groups excluding carboxylic acids is 2. The zero-order valence-corrected chi connectivity index (χ0v) is 9.00. The van der Waals surface area contributed by atoms with E-state index in [0.29, 0.717) is 5.75 Å². The van der Waals surface area contributed by atoms with E-state index >= 15 is 0 Å². The van der Waals surface area contributed by atoms with Gasteiger partial charge in [0.2, 0.25) is 5.78 Å². The van der Waals surface area contributed by atoms with E-state index < -0.39 is 12.1 Å². The predicted molar refractivity (Wildman–Crippen MR) is 55.1 cm³/mol. The van der Waals surface area contributed by atoms with Gasteiger partial charge in [0, 0.05) is 6.92 Å². The van der Waals surface area contributed by atoms with Crippen LogP contribution >= 0.6 is 0 Å². The Bertz CT molecular complexity index is 467. The van der Waals surface area contributed by atoms with Gasteiger partial charge in [-0.3, -0.25) is 9.59 Å². The van der Waals surface area contributed by atoms with E-state index in [2.05, 4.69) is 4.89 Å². The molecule has 1 N–H and O–H groups in total. The van der Waals surface area contributed by atoms with Crippen LogP contribution in [0.5, 0.6) is 11.5 Å². The molecule has 17 heavy (non-hydrogen) atoms. The summed E-state index contributed by atoms with van der Waals surface area (Å²) in [4.78, 5) is 26.8. The summed E-state index contributed by atoms with van der Waals surface area (Å²) in [5, 5.41) is 8.50. The van der Waals surface area contributed by atoms with Crippen LogP contribution in [0.15, 0.2) is 18.2 Å². The van der Waals surface area contributed by atoms with Gasteiger partial charge in [-0.05, 0) is 18.2 Å². The lowest BCUT2D eigenvalue weighted by Gasteiger charge is -2.23. The van der Waals surface area contributed by atoms with Crippen molar-refractivity contribution in [3.8, 4) is 11.5 Å². The highest BCUT2D eigenvalue weighted by atomic mass is 17.1. The zero-order chi connectivity index (χ0) is 12.4. The summed E-state index contributed by atoms with van der Waals surface area (Å²) < 4.78 is 10.1. The highest BCUT2D eigenvalue weighted by Crippen LogP contribution is 2.29. The van der Waals surface area contributed by atoms with Gasteiger partial charge in [0.15, 0.2) is 11.9 Å². The van der Waals surface area contributed by atoms with Crippen molar-refractivity contribution < 1.29 is 29.2 Å². The monoisotopic (exact) mass is 238 g/mol. The number of carbonyl (C=O) groups is 2. The minimum atomic E-state index is -0.950. The second-order valence-corrected chi connectivity index (χ2v) is 3.52. The maximum absolute atomic E-state index is 11.9. The van der Waals surface area contributed by atoms with E-state index in [0.717, 1.165) is 0 Å². The van der Waals surface area contributed by atoms with Crippen LogP contribution in [0.2, 0.25) is 0 Å². The fourth-order valence-corrected chi connectivity index (χ4v) is 1.59. The number of esters is 1. The molecule has 0 aliphatic carbocycles. The van der Waals surface area contributed by atoms with Gasteiger partial charge in [0.1, 0.15) is 12.4 Å². The summed E-state index contributed by atoms with van der Waals surface area (Å²) in [6, 6.07) is 4.29. The third-order valence-electron chi connectivity index (χ3n) is 2.31. The Morgan fingerprint density at radius 3 is 2.94 bits per heavy atom. The summed E-state index contributed by atoms with van der Waals surface area (Å²) in [7, 11) is 0. The molecule has 0 saturated heterocycles. The smallest absolute Gasteiger partial charge is 0.303 e. The van der Waals surface area contributed by atoms with Gasteiger partial charge in [-0.15, -0.1) is 0 Å². The van der Waals surface area contributed by atoms with Crippen LogP contribution in [0.25, 0.3) is 0 Å². The number of ketones is 1. The maximum Gasteiger partial charge on any atom is 0.303 e. The second kappa shape index (κ2) is 4.42. The van der Waals surface area contributed by atoms with Crippen LogP contribution in [0, 0.1) is 0 Å². The zero-order valence-electron chi connectivity index (χ0n) is 9.00. The highest BCUT2D eigenvalue weighted by molar-refractivity contribution is 6.03. The lowest BCUT2D eigenvalue weighted by Crippen LogP contribution is -2.36. The van der Waals surface area contributed by atoms with Gasteiger partial charge in [0.05, 0.1) is 5.56 Å². The molecule has 1 aromatic rings. The lowest BCUT2D eigenvalue weighted by molar-refractivity contribution is -0.145. The van der Waals surface area contributed by atoms with Crippen molar-refractivity contribution >= 4 is 11.8 Å². The molecule has 0 saturated carbocycles. The molecule has 0 spiro atoms. The summed E-state index contributed by atoms with van der Waals surface area (Å²) in [5.74, 6) is -0.436. The van der Waals surface area contributed by atoms with E-state index in [1.54, 1.807) is 0 Å². The molecule has 0 fully saturated rings. The molecular weight excluding hydrogens is 228 g/mol. The van der Waals surface area contributed by atoms with E-state index in [-0.39, 0.29) is 23.7 Å². The molecule has 1 aliphatic rings. The molecule has 0 amide bonds. The number of Topliss-reactive ketones (excluding diaryl/α,β-unsaturated/α-hetero) is 1. The predicted octanol–water partition coefficient (Wildman–Crippen LogP) is 1.05. The molecule has 0 radical (unpaired) electrons.